The molecule has 1 fully saturated rings. The highest BCUT2D eigenvalue weighted by Gasteiger charge is 2.46. The van der Waals surface area contributed by atoms with Crippen molar-refractivity contribution in [3.63, 3.8) is 0 Å². The van der Waals surface area contributed by atoms with E-state index in [-0.39, 0.29) is 17.9 Å². The quantitative estimate of drug-likeness (QED) is 0.622. The van der Waals surface area contributed by atoms with Gasteiger partial charge < -0.3 is 20.7 Å². The molecule has 7 heteroatoms. The minimum absolute atomic E-state index is 0.111. The number of aliphatic carboxylic acids is 1. The molecule has 2 atom stereocenters. The number of rotatable bonds is 5. The highest BCUT2D eigenvalue weighted by molar-refractivity contribution is 5.83. The molecule has 19 heavy (non-hydrogen) atoms. The van der Waals surface area contributed by atoms with Crippen molar-refractivity contribution < 1.29 is 14.7 Å². The molecular formula is C12H18N4O3. The summed E-state index contributed by atoms with van der Waals surface area (Å²) < 4.78 is 0. The number of H-pyrrole nitrogens is 1. The SMILES string of the molecule is CC1(C)CC1NC(=O)N[C@H](Cc1cnc[nH]1)C(=O)O. The third kappa shape index (κ3) is 3.46. The Morgan fingerprint density at radius 2 is 2.32 bits per heavy atom. The van der Waals surface area contributed by atoms with E-state index >= 15 is 0 Å². The first-order valence-corrected chi connectivity index (χ1v) is 6.15. The smallest absolute Gasteiger partial charge is 0.326 e. The van der Waals surface area contributed by atoms with Crippen LogP contribution in [0.1, 0.15) is 26.0 Å². The van der Waals surface area contributed by atoms with Crippen LogP contribution in [0.5, 0.6) is 0 Å². The van der Waals surface area contributed by atoms with Crippen molar-refractivity contribution >= 4 is 12.0 Å². The van der Waals surface area contributed by atoms with Crippen molar-refractivity contribution in [3.05, 3.63) is 18.2 Å². The highest BCUT2D eigenvalue weighted by atomic mass is 16.4. The molecule has 104 valence electrons. The largest absolute Gasteiger partial charge is 0.480 e. The zero-order chi connectivity index (χ0) is 14.0. The Morgan fingerprint density at radius 3 is 2.79 bits per heavy atom. The van der Waals surface area contributed by atoms with Gasteiger partial charge in [0.2, 0.25) is 0 Å². The summed E-state index contributed by atoms with van der Waals surface area (Å²) in [7, 11) is 0. The van der Waals surface area contributed by atoms with Gasteiger partial charge in [0.15, 0.2) is 0 Å². The number of carboxylic acids is 1. The second-order valence-corrected chi connectivity index (χ2v) is 5.53. The van der Waals surface area contributed by atoms with E-state index in [1.54, 1.807) is 6.20 Å². The number of carbonyl (C=O) groups excluding carboxylic acids is 1. The Morgan fingerprint density at radius 1 is 1.63 bits per heavy atom. The zero-order valence-corrected chi connectivity index (χ0v) is 10.9. The van der Waals surface area contributed by atoms with Crippen LogP contribution in [-0.2, 0) is 11.2 Å². The van der Waals surface area contributed by atoms with E-state index in [2.05, 4.69) is 34.4 Å². The van der Waals surface area contributed by atoms with Gasteiger partial charge in [-0.05, 0) is 11.8 Å². The predicted octanol–water partition coefficient (Wildman–Crippen LogP) is 0.503. The Bertz CT molecular complexity index is 469. The molecule has 0 aromatic carbocycles. The fourth-order valence-electron chi connectivity index (χ4n) is 1.89. The molecule has 2 rings (SSSR count). The molecule has 1 aromatic heterocycles. The van der Waals surface area contributed by atoms with Gasteiger partial charge in [-0.3, -0.25) is 0 Å². The monoisotopic (exact) mass is 266 g/mol. The zero-order valence-electron chi connectivity index (χ0n) is 10.9. The number of nitrogens with one attached hydrogen (secondary N) is 3. The van der Waals surface area contributed by atoms with Gasteiger partial charge >= 0.3 is 12.0 Å². The molecule has 4 N–H and O–H groups in total. The lowest BCUT2D eigenvalue weighted by Crippen LogP contribution is -2.48. The number of imidazole rings is 1. The van der Waals surface area contributed by atoms with Crippen LogP contribution < -0.4 is 10.6 Å². The lowest BCUT2D eigenvalue weighted by molar-refractivity contribution is -0.139. The second-order valence-electron chi connectivity index (χ2n) is 5.53. The van der Waals surface area contributed by atoms with Crippen LogP contribution in [-0.4, -0.2) is 39.2 Å². The molecule has 1 saturated carbocycles. The van der Waals surface area contributed by atoms with Gasteiger partial charge in [0, 0.05) is 24.4 Å². The summed E-state index contributed by atoms with van der Waals surface area (Å²) >= 11 is 0. The lowest BCUT2D eigenvalue weighted by atomic mass is 10.1. The summed E-state index contributed by atoms with van der Waals surface area (Å²) in [6.07, 6.45) is 4.11. The summed E-state index contributed by atoms with van der Waals surface area (Å²) in [5, 5.41) is 14.3. The Hall–Kier alpha value is -2.05. The Kier molecular flexibility index (Phi) is 3.46. The highest BCUT2D eigenvalue weighted by Crippen LogP contribution is 2.44. The molecule has 1 unspecified atom stereocenters. The normalized spacial score (nSPS) is 21.5. The number of aromatic amines is 1. The number of amides is 2. The minimum Gasteiger partial charge on any atom is -0.480 e. The first kappa shape index (κ1) is 13.4. The maximum Gasteiger partial charge on any atom is 0.326 e. The van der Waals surface area contributed by atoms with Gasteiger partial charge in [-0.25, -0.2) is 14.6 Å². The number of hydrogen-bond donors (Lipinski definition) is 4. The standard InChI is InChI=1S/C12H18N4O3/c1-12(2)4-9(12)16-11(19)15-8(10(17)18)3-7-5-13-6-14-7/h5-6,8-9H,3-4H2,1-2H3,(H,13,14)(H,17,18)(H2,15,16,19)/t8-,9?/m1/s1. The van der Waals surface area contributed by atoms with Crippen molar-refractivity contribution in [2.24, 2.45) is 5.41 Å². The van der Waals surface area contributed by atoms with E-state index in [1.807, 2.05) is 0 Å². The van der Waals surface area contributed by atoms with Crippen LogP contribution in [0.2, 0.25) is 0 Å². The first-order chi connectivity index (χ1) is 8.88. The summed E-state index contributed by atoms with van der Waals surface area (Å²) in [5.74, 6) is -1.07. The maximum atomic E-state index is 11.7. The molecule has 0 saturated heterocycles. The molecule has 0 spiro atoms. The fraction of sp³-hybridized carbons (Fsp3) is 0.583. The van der Waals surface area contributed by atoms with Crippen LogP contribution in [0, 0.1) is 5.41 Å². The van der Waals surface area contributed by atoms with Crippen LogP contribution in [0.25, 0.3) is 0 Å². The molecule has 7 nitrogen and oxygen atoms in total. The molecule has 1 aliphatic rings. The number of urea groups is 1. The van der Waals surface area contributed by atoms with Gasteiger partial charge in [-0.2, -0.15) is 0 Å². The van der Waals surface area contributed by atoms with E-state index in [4.69, 9.17) is 5.11 Å². The lowest BCUT2D eigenvalue weighted by Gasteiger charge is -2.15. The summed E-state index contributed by atoms with van der Waals surface area (Å²) in [5.41, 5.74) is 0.777. The number of hydrogen-bond acceptors (Lipinski definition) is 3. The van der Waals surface area contributed by atoms with Gasteiger partial charge in [-0.15, -0.1) is 0 Å². The third-order valence-corrected chi connectivity index (χ3v) is 3.40. The van der Waals surface area contributed by atoms with Crippen LogP contribution in [0.3, 0.4) is 0 Å². The Balaban J connectivity index is 1.86. The number of carbonyl (C=O) groups is 2. The van der Waals surface area contributed by atoms with E-state index in [0.29, 0.717) is 5.69 Å². The maximum absolute atomic E-state index is 11.7. The number of carboxylic acid groups (broad SMARTS) is 1. The van der Waals surface area contributed by atoms with Crippen molar-refractivity contribution in [2.75, 3.05) is 0 Å². The van der Waals surface area contributed by atoms with Crippen molar-refractivity contribution in [3.8, 4) is 0 Å². The summed E-state index contributed by atoms with van der Waals surface area (Å²) in [6.45, 7) is 4.11. The average Bonchev–Trinajstić information content (AvgIpc) is 2.75. The van der Waals surface area contributed by atoms with E-state index in [0.717, 1.165) is 6.42 Å². The van der Waals surface area contributed by atoms with E-state index in [9.17, 15) is 9.59 Å². The van der Waals surface area contributed by atoms with Gasteiger partial charge in [0.05, 0.1) is 6.33 Å². The first-order valence-electron chi connectivity index (χ1n) is 6.15. The van der Waals surface area contributed by atoms with Crippen molar-refractivity contribution in [2.45, 2.75) is 38.8 Å². The third-order valence-electron chi connectivity index (χ3n) is 3.40. The van der Waals surface area contributed by atoms with Crippen LogP contribution >= 0.6 is 0 Å². The fourth-order valence-corrected chi connectivity index (χ4v) is 1.89. The van der Waals surface area contributed by atoms with Crippen LogP contribution in [0.15, 0.2) is 12.5 Å². The van der Waals surface area contributed by atoms with Crippen molar-refractivity contribution in [1.29, 1.82) is 0 Å². The van der Waals surface area contributed by atoms with Crippen molar-refractivity contribution in [1.82, 2.24) is 20.6 Å². The molecule has 1 aliphatic carbocycles. The predicted molar refractivity (Wildman–Crippen MR) is 67.6 cm³/mol. The molecule has 0 radical (unpaired) electrons. The molecule has 1 heterocycles. The van der Waals surface area contributed by atoms with E-state index in [1.165, 1.54) is 6.33 Å². The summed E-state index contributed by atoms with van der Waals surface area (Å²) in [4.78, 5) is 29.5. The van der Waals surface area contributed by atoms with E-state index < -0.39 is 18.0 Å². The molecular weight excluding hydrogens is 248 g/mol. The molecule has 2 amide bonds. The number of nitrogens with zero attached hydrogens (tertiary/aromatic N) is 1. The molecule has 0 bridgehead atoms. The summed E-state index contributed by atoms with van der Waals surface area (Å²) in [6, 6.07) is -1.29. The molecule has 0 aliphatic heterocycles. The van der Waals surface area contributed by atoms with Crippen LogP contribution in [0.4, 0.5) is 4.79 Å². The average molecular weight is 266 g/mol. The Labute approximate surface area is 110 Å². The minimum atomic E-state index is -1.07. The number of aromatic nitrogens is 2. The topological polar surface area (TPSA) is 107 Å². The van der Waals surface area contributed by atoms with Gasteiger partial charge in [-0.1, -0.05) is 13.8 Å². The van der Waals surface area contributed by atoms with Gasteiger partial charge in [0.1, 0.15) is 6.04 Å². The molecule has 1 aromatic rings. The second kappa shape index (κ2) is 4.91. The van der Waals surface area contributed by atoms with Gasteiger partial charge in [0.25, 0.3) is 0 Å².